The first-order chi connectivity index (χ1) is 7.88. The highest BCUT2D eigenvalue weighted by atomic mass is 35.5. The second-order valence-electron chi connectivity index (χ2n) is 3.85. The predicted octanol–water partition coefficient (Wildman–Crippen LogP) is -0.318. The third-order valence-electron chi connectivity index (χ3n) is 2.52. The fourth-order valence-electron chi connectivity index (χ4n) is 1.53. The number of amides is 2. The zero-order valence-corrected chi connectivity index (χ0v) is 11.1. The van der Waals surface area contributed by atoms with Crippen LogP contribution in [-0.2, 0) is 19.6 Å². The number of alkyl halides is 1. The second kappa shape index (κ2) is 5.79. The van der Waals surface area contributed by atoms with Crippen molar-refractivity contribution in [3.63, 3.8) is 0 Å². The number of unbranched alkanes of at least 4 members (excludes halogenated alkanes) is 1. The van der Waals surface area contributed by atoms with Gasteiger partial charge in [0.15, 0.2) is 0 Å². The van der Waals surface area contributed by atoms with Crippen LogP contribution in [0.4, 0.5) is 0 Å². The molecule has 1 aliphatic heterocycles. The normalized spacial score (nSPS) is 22.6. The molecule has 0 radical (unpaired) electrons. The molecule has 1 N–H and O–H groups in total. The van der Waals surface area contributed by atoms with Gasteiger partial charge >= 0.3 is 0 Å². The Bertz CT molecular complexity index is 409. The van der Waals surface area contributed by atoms with Crippen LogP contribution < -0.4 is 5.32 Å². The summed E-state index contributed by atoms with van der Waals surface area (Å²) < 4.78 is 24.8. The molecule has 1 unspecified atom stereocenters. The first-order valence-corrected chi connectivity index (χ1v) is 7.42. The van der Waals surface area contributed by atoms with Gasteiger partial charge in [0.1, 0.15) is 6.04 Å². The Balaban J connectivity index is 2.75. The minimum atomic E-state index is -3.58. The van der Waals surface area contributed by atoms with Crippen molar-refractivity contribution in [2.45, 2.75) is 25.8 Å². The van der Waals surface area contributed by atoms with Crippen LogP contribution in [0.3, 0.4) is 0 Å². The summed E-state index contributed by atoms with van der Waals surface area (Å²) in [4.78, 5) is 22.5. The number of nitrogens with zero attached hydrogens (tertiary/aromatic N) is 1. The van der Waals surface area contributed by atoms with Crippen molar-refractivity contribution in [1.82, 2.24) is 9.62 Å². The smallest absolute Gasteiger partial charge is 0.244 e. The number of carbonyl (C=O) groups is 2. The maximum atomic E-state index is 11.9. The Morgan fingerprint density at radius 2 is 2.06 bits per heavy atom. The first kappa shape index (κ1) is 14.4. The van der Waals surface area contributed by atoms with Crippen molar-refractivity contribution in [3.8, 4) is 0 Å². The van der Waals surface area contributed by atoms with Gasteiger partial charge in [-0.2, -0.15) is 4.31 Å². The first-order valence-electron chi connectivity index (χ1n) is 5.27. The molecule has 0 aromatic carbocycles. The van der Waals surface area contributed by atoms with Crippen molar-refractivity contribution in [2.24, 2.45) is 0 Å². The lowest BCUT2D eigenvalue weighted by atomic mass is 10.2. The minimum absolute atomic E-state index is 0.0926. The Morgan fingerprint density at radius 3 is 2.65 bits per heavy atom. The maximum absolute atomic E-state index is 11.9. The van der Waals surface area contributed by atoms with E-state index in [0.29, 0.717) is 18.7 Å². The van der Waals surface area contributed by atoms with Gasteiger partial charge in [-0.25, -0.2) is 8.42 Å². The second-order valence-corrected chi connectivity index (χ2v) is 6.26. The molecule has 1 rings (SSSR count). The molecule has 1 atom stereocenters. The number of hydrogen-bond acceptors (Lipinski definition) is 4. The van der Waals surface area contributed by atoms with Crippen LogP contribution in [0.5, 0.6) is 0 Å². The van der Waals surface area contributed by atoms with E-state index in [2.05, 4.69) is 5.32 Å². The number of imide groups is 1. The van der Waals surface area contributed by atoms with Crippen molar-refractivity contribution < 1.29 is 18.0 Å². The highest BCUT2D eigenvalue weighted by Crippen LogP contribution is 2.13. The van der Waals surface area contributed by atoms with E-state index >= 15 is 0 Å². The van der Waals surface area contributed by atoms with Crippen molar-refractivity contribution in [2.75, 3.05) is 18.2 Å². The van der Waals surface area contributed by atoms with Gasteiger partial charge < -0.3 is 0 Å². The lowest BCUT2D eigenvalue weighted by Gasteiger charge is -2.30. The van der Waals surface area contributed by atoms with Gasteiger partial charge in [0.05, 0.1) is 12.3 Å². The third kappa shape index (κ3) is 3.65. The van der Waals surface area contributed by atoms with E-state index in [1.165, 1.54) is 6.92 Å². The van der Waals surface area contributed by atoms with Crippen LogP contribution in [-0.4, -0.2) is 48.8 Å². The van der Waals surface area contributed by atoms with Crippen LogP contribution in [0.15, 0.2) is 0 Å². The Hall–Kier alpha value is -0.660. The molecule has 6 nitrogen and oxygen atoms in total. The van der Waals surface area contributed by atoms with Crippen LogP contribution in [0, 0.1) is 0 Å². The average Bonchev–Trinajstić information content (AvgIpc) is 2.23. The highest BCUT2D eigenvalue weighted by Gasteiger charge is 2.37. The SMILES string of the molecule is CC1C(=O)NC(=O)CN1S(=O)(=O)CCCCCl. The third-order valence-corrected chi connectivity index (χ3v) is 4.75. The summed E-state index contributed by atoms with van der Waals surface area (Å²) in [6.07, 6.45) is 1.01. The largest absolute Gasteiger partial charge is 0.294 e. The molecule has 1 aliphatic rings. The molecule has 1 heterocycles. The molecule has 0 saturated carbocycles. The molecule has 8 heteroatoms. The van der Waals surface area contributed by atoms with E-state index in [1.807, 2.05) is 0 Å². The molecule has 0 aromatic rings. The van der Waals surface area contributed by atoms with Gasteiger partial charge in [0.25, 0.3) is 0 Å². The molecule has 2 amide bonds. The van der Waals surface area contributed by atoms with Crippen LogP contribution in [0.25, 0.3) is 0 Å². The van der Waals surface area contributed by atoms with E-state index < -0.39 is 27.9 Å². The number of carbonyl (C=O) groups excluding carboxylic acids is 2. The Morgan fingerprint density at radius 1 is 1.41 bits per heavy atom. The Labute approximate surface area is 105 Å². The van der Waals surface area contributed by atoms with E-state index in [-0.39, 0.29) is 12.3 Å². The summed E-state index contributed by atoms with van der Waals surface area (Å²) in [6, 6.07) is -0.839. The minimum Gasteiger partial charge on any atom is -0.294 e. The number of rotatable bonds is 5. The average molecular weight is 283 g/mol. The molecule has 0 bridgehead atoms. The zero-order valence-electron chi connectivity index (χ0n) is 9.48. The molecule has 0 spiro atoms. The van der Waals surface area contributed by atoms with E-state index in [9.17, 15) is 18.0 Å². The Kier molecular flexibility index (Phi) is 4.91. The zero-order chi connectivity index (χ0) is 13.1. The molecule has 17 heavy (non-hydrogen) atoms. The summed E-state index contributed by atoms with van der Waals surface area (Å²) >= 11 is 5.46. The highest BCUT2D eigenvalue weighted by molar-refractivity contribution is 7.89. The van der Waals surface area contributed by atoms with E-state index in [4.69, 9.17) is 11.6 Å². The van der Waals surface area contributed by atoms with Gasteiger partial charge in [-0.3, -0.25) is 14.9 Å². The number of halogens is 1. The van der Waals surface area contributed by atoms with Crippen LogP contribution in [0.1, 0.15) is 19.8 Å². The molecule has 1 fully saturated rings. The van der Waals surface area contributed by atoms with Gasteiger partial charge in [0.2, 0.25) is 21.8 Å². The van der Waals surface area contributed by atoms with E-state index in [0.717, 1.165) is 4.31 Å². The summed E-state index contributed by atoms with van der Waals surface area (Å²) in [5.74, 6) is -0.869. The number of hydrogen-bond donors (Lipinski definition) is 1. The fourth-order valence-corrected chi connectivity index (χ4v) is 3.41. The van der Waals surface area contributed by atoms with Gasteiger partial charge in [-0.1, -0.05) is 0 Å². The monoisotopic (exact) mass is 282 g/mol. The van der Waals surface area contributed by atoms with Gasteiger partial charge in [0, 0.05) is 5.88 Å². The number of piperazine rings is 1. The standard InChI is InChI=1S/C9H15ClN2O4S/c1-7-9(14)11-8(13)6-12(7)17(15,16)5-3-2-4-10/h7H,2-6H2,1H3,(H,11,13,14). The van der Waals surface area contributed by atoms with Gasteiger partial charge in [-0.05, 0) is 19.8 Å². The molecule has 0 aromatic heterocycles. The summed E-state index contributed by atoms with van der Waals surface area (Å²) in [5.41, 5.74) is 0. The molecule has 98 valence electrons. The van der Waals surface area contributed by atoms with Crippen molar-refractivity contribution >= 4 is 33.4 Å². The van der Waals surface area contributed by atoms with Crippen molar-refractivity contribution in [3.05, 3.63) is 0 Å². The summed E-state index contributed by atoms with van der Waals surface area (Å²) in [7, 11) is -3.58. The summed E-state index contributed by atoms with van der Waals surface area (Å²) in [6.45, 7) is 1.16. The summed E-state index contributed by atoms with van der Waals surface area (Å²) in [5, 5.41) is 2.09. The van der Waals surface area contributed by atoms with Crippen LogP contribution in [0.2, 0.25) is 0 Å². The molecule has 1 saturated heterocycles. The molecular formula is C9H15ClN2O4S. The fraction of sp³-hybridized carbons (Fsp3) is 0.778. The van der Waals surface area contributed by atoms with Crippen molar-refractivity contribution in [1.29, 1.82) is 0 Å². The van der Waals surface area contributed by atoms with Crippen LogP contribution >= 0.6 is 11.6 Å². The lowest BCUT2D eigenvalue weighted by Crippen LogP contribution is -2.58. The number of sulfonamides is 1. The number of nitrogens with one attached hydrogen (secondary N) is 1. The van der Waals surface area contributed by atoms with Gasteiger partial charge in [-0.15, -0.1) is 11.6 Å². The maximum Gasteiger partial charge on any atom is 0.244 e. The molecular weight excluding hydrogens is 268 g/mol. The topological polar surface area (TPSA) is 83.6 Å². The lowest BCUT2D eigenvalue weighted by molar-refractivity contribution is -0.136. The molecule has 0 aliphatic carbocycles. The predicted molar refractivity (Wildman–Crippen MR) is 63.1 cm³/mol. The quantitative estimate of drug-likeness (QED) is 0.426. The van der Waals surface area contributed by atoms with E-state index in [1.54, 1.807) is 0 Å².